The summed E-state index contributed by atoms with van der Waals surface area (Å²) < 4.78 is 10.8. The molecular formula is C10H25N3O2. The summed E-state index contributed by atoms with van der Waals surface area (Å²) in [6.07, 6.45) is 0. The van der Waals surface area contributed by atoms with E-state index in [2.05, 4.69) is 4.90 Å². The van der Waals surface area contributed by atoms with E-state index < -0.39 is 5.85 Å². The van der Waals surface area contributed by atoms with Crippen molar-refractivity contribution in [2.75, 3.05) is 54.6 Å². The van der Waals surface area contributed by atoms with Gasteiger partial charge in [-0.1, -0.05) is 0 Å². The zero-order chi connectivity index (χ0) is 11.9. The van der Waals surface area contributed by atoms with E-state index in [9.17, 15) is 0 Å². The van der Waals surface area contributed by atoms with E-state index in [1.165, 1.54) is 0 Å². The Morgan fingerprint density at radius 3 is 2.13 bits per heavy atom. The largest absolute Gasteiger partial charge is 0.378 e. The van der Waals surface area contributed by atoms with Crippen LogP contribution >= 0.6 is 0 Å². The van der Waals surface area contributed by atoms with Crippen LogP contribution in [-0.4, -0.2) is 70.2 Å². The highest BCUT2D eigenvalue weighted by atomic mass is 16.6. The van der Waals surface area contributed by atoms with Crippen LogP contribution in [0, 0.1) is 0 Å². The lowest BCUT2D eigenvalue weighted by molar-refractivity contribution is -0.132. The Balaban J connectivity index is 3.39. The molecule has 92 valence electrons. The molecule has 5 heteroatoms. The standard InChI is InChI=1S/C10H25N3O2/c1-10(11,13(4)5)15-9-8-14-7-6-12(2)3/h6-9,11H2,1-5H3. The molecule has 1 unspecified atom stereocenters. The van der Waals surface area contributed by atoms with Gasteiger partial charge in [0.05, 0.1) is 19.8 Å². The van der Waals surface area contributed by atoms with Crippen LogP contribution in [-0.2, 0) is 9.47 Å². The van der Waals surface area contributed by atoms with Crippen LogP contribution < -0.4 is 5.73 Å². The molecule has 0 aliphatic heterocycles. The third-order valence-electron chi connectivity index (χ3n) is 2.19. The van der Waals surface area contributed by atoms with Crippen LogP contribution in [0.2, 0.25) is 0 Å². The first-order valence-electron chi connectivity index (χ1n) is 5.19. The summed E-state index contributed by atoms with van der Waals surface area (Å²) in [5.41, 5.74) is 5.86. The summed E-state index contributed by atoms with van der Waals surface area (Å²) in [6, 6.07) is 0. The maximum Gasteiger partial charge on any atom is 0.171 e. The normalized spacial score (nSPS) is 16.0. The minimum atomic E-state index is -0.717. The average molecular weight is 219 g/mol. The molecule has 0 bridgehead atoms. The van der Waals surface area contributed by atoms with Crippen molar-refractivity contribution in [2.24, 2.45) is 5.73 Å². The first kappa shape index (κ1) is 14.8. The number of likely N-dealkylation sites (N-methyl/N-ethyl adjacent to an activating group) is 1. The lowest BCUT2D eigenvalue weighted by atomic mass is 10.4. The Bertz CT molecular complexity index is 161. The first-order valence-corrected chi connectivity index (χ1v) is 5.19. The van der Waals surface area contributed by atoms with Crippen LogP contribution in [0.15, 0.2) is 0 Å². The van der Waals surface area contributed by atoms with Gasteiger partial charge in [0, 0.05) is 6.54 Å². The summed E-state index contributed by atoms with van der Waals surface area (Å²) in [4.78, 5) is 3.90. The van der Waals surface area contributed by atoms with Gasteiger partial charge in [0.15, 0.2) is 5.85 Å². The van der Waals surface area contributed by atoms with Gasteiger partial charge in [-0.15, -0.1) is 0 Å². The van der Waals surface area contributed by atoms with Crippen molar-refractivity contribution in [2.45, 2.75) is 12.8 Å². The molecule has 0 aliphatic carbocycles. The second-order valence-corrected chi connectivity index (χ2v) is 4.21. The Hall–Kier alpha value is -0.200. The fourth-order valence-electron chi connectivity index (χ4n) is 0.786. The van der Waals surface area contributed by atoms with Crippen molar-refractivity contribution < 1.29 is 9.47 Å². The highest BCUT2D eigenvalue weighted by Crippen LogP contribution is 2.03. The number of nitrogens with two attached hydrogens (primary N) is 1. The Labute approximate surface area is 93.1 Å². The van der Waals surface area contributed by atoms with E-state index in [0.29, 0.717) is 13.2 Å². The molecule has 0 heterocycles. The second kappa shape index (κ2) is 7.14. The number of hydrogen-bond acceptors (Lipinski definition) is 5. The molecule has 0 aliphatic rings. The minimum Gasteiger partial charge on any atom is -0.378 e. The van der Waals surface area contributed by atoms with Gasteiger partial charge in [-0.3, -0.25) is 10.6 Å². The van der Waals surface area contributed by atoms with Crippen LogP contribution in [0.4, 0.5) is 0 Å². The predicted octanol–water partition coefficient (Wildman–Crippen LogP) is -0.225. The van der Waals surface area contributed by atoms with Crippen molar-refractivity contribution in [3.05, 3.63) is 0 Å². The fraction of sp³-hybridized carbons (Fsp3) is 1.00. The number of ether oxygens (including phenoxy) is 2. The summed E-state index contributed by atoms with van der Waals surface area (Å²) in [6.45, 7) is 4.56. The zero-order valence-electron chi connectivity index (χ0n) is 10.6. The number of nitrogens with zero attached hydrogens (tertiary/aromatic N) is 2. The molecule has 0 rings (SSSR count). The van der Waals surface area contributed by atoms with Gasteiger partial charge in [-0.25, -0.2) is 0 Å². The van der Waals surface area contributed by atoms with Crippen molar-refractivity contribution in [1.29, 1.82) is 0 Å². The van der Waals surface area contributed by atoms with Crippen LogP contribution in [0.5, 0.6) is 0 Å². The van der Waals surface area contributed by atoms with Gasteiger partial charge >= 0.3 is 0 Å². The molecule has 1 atom stereocenters. The van der Waals surface area contributed by atoms with E-state index >= 15 is 0 Å². The molecular weight excluding hydrogens is 194 g/mol. The predicted molar refractivity (Wildman–Crippen MR) is 61.6 cm³/mol. The van der Waals surface area contributed by atoms with Crippen molar-refractivity contribution in [1.82, 2.24) is 9.80 Å². The maximum atomic E-state index is 5.86. The summed E-state index contributed by atoms with van der Waals surface area (Å²) >= 11 is 0. The van der Waals surface area contributed by atoms with Crippen LogP contribution in [0.3, 0.4) is 0 Å². The van der Waals surface area contributed by atoms with Crippen molar-refractivity contribution >= 4 is 0 Å². The summed E-state index contributed by atoms with van der Waals surface area (Å²) in [7, 11) is 7.80. The SMILES string of the molecule is CN(C)CCOCCOC(C)(N)N(C)C. The highest BCUT2D eigenvalue weighted by Gasteiger charge is 2.20. The van der Waals surface area contributed by atoms with E-state index in [0.717, 1.165) is 13.2 Å². The second-order valence-electron chi connectivity index (χ2n) is 4.21. The van der Waals surface area contributed by atoms with Crippen molar-refractivity contribution in [3.63, 3.8) is 0 Å². The zero-order valence-corrected chi connectivity index (χ0v) is 10.6. The Morgan fingerprint density at radius 1 is 1.07 bits per heavy atom. The van der Waals surface area contributed by atoms with Gasteiger partial charge in [-0.05, 0) is 35.1 Å². The smallest absolute Gasteiger partial charge is 0.171 e. The third kappa shape index (κ3) is 7.70. The summed E-state index contributed by atoms with van der Waals surface area (Å²) in [5.74, 6) is -0.717. The number of rotatable bonds is 8. The van der Waals surface area contributed by atoms with Crippen LogP contribution in [0.25, 0.3) is 0 Å². The molecule has 15 heavy (non-hydrogen) atoms. The Kier molecular flexibility index (Phi) is 7.04. The molecule has 0 aromatic carbocycles. The Morgan fingerprint density at radius 2 is 1.67 bits per heavy atom. The molecule has 2 N–H and O–H groups in total. The van der Waals surface area contributed by atoms with E-state index in [-0.39, 0.29) is 0 Å². The molecule has 0 aromatic rings. The summed E-state index contributed by atoms with van der Waals surface area (Å²) in [5, 5.41) is 0. The van der Waals surface area contributed by atoms with Gasteiger partial charge in [0.25, 0.3) is 0 Å². The molecule has 5 nitrogen and oxygen atoms in total. The molecule has 0 fully saturated rings. The van der Waals surface area contributed by atoms with Gasteiger partial charge < -0.3 is 14.4 Å². The van der Waals surface area contributed by atoms with E-state index in [1.807, 2.05) is 40.0 Å². The molecule has 0 spiro atoms. The average Bonchev–Trinajstić information content (AvgIpc) is 2.10. The lowest BCUT2D eigenvalue weighted by Crippen LogP contribution is -2.52. The van der Waals surface area contributed by atoms with Crippen LogP contribution in [0.1, 0.15) is 6.92 Å². The molecule has 0 radical (unpaired) electrons. The van der Waals surface area contributed by atoms with Gasteiger partial charge in [0.2, 0.25) is 0 Å². The molecule has 0 aromatic heterocycles. The highest BCUT2D eigenvalue weighted by molar-refractivity contribution is 4.61. The number of hydrogen-bond donors (Lipinski definition) is 1. The third-order valence-corrected chi connectivity index (χ3v) is 2.19. The maximum absolute atomic E-state index is 5.86. The topological polar surface area (TPSA) is 51.0 Å². The van der Waals surface area contributed by atoms with Crippen molar-refractivity contribution in [3.8, 4) is 0 Å². The van der Waals surface area contributed by atoms with E-state index in [4.69, 9.17) is 15.2 Å². The monoisotopic (exact) mass is 219 g/mol. The van der Waals surface area contributed by atoms with E-state index in [1.54, 1.807) is 0 Å². The minimum absolute atomic E-state index is 0.513. The quantitative estimate of drug-likeness (QED) is 0.452. The molecule has 0 amide bonds. The molecule has 0 saturated carbocycles. The van der Waals surface area contributed by atoms with Gasteiger partial charge in [0.1, 0.15) is 0 Å². The molecule has 0 saturated heterocycles. The fourth-order valence-corrected chi connectivity index (χ4v) is 0.786. The van der Waals surface area contributed by atoms with Gasteiger partial charge in [-0.2, -0.15) is 0 Å². The lowest BCUT2D eigenvalue weighted by Gasteiger charge is -2.31. The first-order chi connectivity index (χ1) is 6.86.